The van der Waals surface area contributed by atoms with Crippen LogP contribution in [0, 0.1) is 5.92 Å². The van der Waals surface area contributed by atoms with E-state index in [1.54, 1.807) is 32.4 Å². The van der Waals surface area contributed by atoms with Crippen LogP contribution in [0.25, 0.3) is 0 Å². The molecule has 1 saturated heterocycles. The lowest BCUT2D eigenvalue weighted by Gasteiger charge is -2.22. The molecule has 116 valence electrons. The molecule has 5 nitrogen and oxygen atoms in total. The van der Waals surface area contributed by atoms with Crippen molar-refractivity contribution < 1.29 is 14.3 Å². The number of ether oxygens (including phenoxy) is 2. The van der Waals surface area contributed by atoms with Crippen molar-refractivity contribution in [1.29, 1.82) is 0 Å². The number of benzene rings is 1. The molecule has 1 aliphatic rings. The number of piperidine rings is 1. The fraction of sp³-hybridized carbons (Fsp3) is 0.562. The summed E-state index contributed by atoms with van der Waals surface area (Å²) in [6.07, 6.45) is 3.41. The Balaban J connectivity index is 1.90. The maximum absolute atomic E-state index is 12.3. The van der Waals surface area contributed by atoms with Gasteiger partial charge in [0.15, 0.2) is 11.5 Å². The van der Waals surface area contributed by atoms with Crippen molar-refractivity contribution in [2.45, 2.75) is 19.3 Å². The minimum atomic E-state index is -0.111. The summed E-state index contributed by atoms with van der Waals surface area (Å²) in [6, 6.07) is 5.33. The second-order valence-corrected chi connectivity index (χ2v) is 5.28. The predicted octanol–water partition coefficient (Wildman–Crippen LogP) is 1.82. The molecule has 5 heteroatoms. The summed E-state index contributed by atoms with van der Waals surface area (Å²) in [5.41, 5.74) is 0.516. The lowest BCUT2D eigenvalue weighted by Crippen LogP contribution is -2.31. The van der Waals surface area contributed by atoms with Gasteiger partial charge in [-0.3, -0.25) is 4.79 Å². The van der Waals surface area contributed by atoms with Crippen LogP contribution in [0.2, 0.25) is 0 Å². The summed E-state index contributed by atoms with van der Waals surface area (Å²) in [6.45, 7) is 2.87. The summed E-state index contributed by atoms with van der Waals surface area (Å²) in [4.78, 5) is 12.3. The summed E-state index contributed by atoms with van der Waals surface area (Å²) in [5.74, 6) is 1.65. The highest BCUT2D eigenvalue weighted by molar-refractivity contribution is 5.97. The predicted molar refractivity (Wildman–Crippen MR) is 82.1 cm³/mol. The molecule has 0 spiro atoms. The van der Waals surface area contributed by atoms with Crippen LogP contribution in [0.4, 0.5) is 0 Å². The molecule has 2 N–H and O–H groups in total. The first-order chi connectivity index (χ1) is 10.3. The van der Waals surface area contributed by atoms with E-state index in [-0.39, 0.29) is 5.91 Å². The molecule has 0 aliphatic carbocycles. The molecule has 1 aromatic carbocycles. The third-order valence-corrected chi connectivity index (χ3v) is 3.94. The van der Waals surface area contributed by atoms with Gasteiger partial charge < -0.3 is 20.1 Å². The Kier molecular flexibility index (Phi) is 5.87. The van der Waals surface area contributed by atoms with Crippen molar-refractivity contribution in [3.05, 3.63) is 23.8 Å². The zero-order valence-electron chi connectivity index (χ0n) is 12.8. The first-order valence-electron chi connectivity index (χ1n) is 7.46. The first-order valence-corrected chi connectivity index (χ1v) is 7.46. The van der Waals surface area contributed by atoms with E-state index in [1.807, 2.05) is 0 Å². The molecule has 0 saturated carbocycles. The molecular weight excluding hydrogens is 268 g/mol. The van der Waals surface area contributed by atoms with E-state index in [0.29, 0.717) is 29.5 Å². The molecule has 21 heavy (non-hydrogen) atoms. The Morgan fingerprint density at radius 3 is 2.71 bits per heavy atom. The molecule has 0 aromatic heterocycles. The van der Waals surface area contributed by atoms with Crippen LogP contribution >= 0.6 is 0 Å². The average Bonchev–Trinajstić information content (AvgIpc) is 2.54. The molecule has 1 fully saturated rings. The Hall–Kier alpha value is -1.75. The number of methoxy groups -OCH3 is 2. The number of amides is 1. The van der Waals surface area contributed by atoms with E-state index in [9.17, 15) is 4.79 Å². The second-order valence-electron chi connectivity index (χ2n) is 5.28. The molecular formula is C16H24N2O3. The minimum absolute atomic E-state index is 0.111. The smallest absolute Gasteiger partial charge is 0.255 e. The van der Waals surface area contributed by atoms with Gasteiger partial charge in [0.1, 0.15) is 0 Å². The van der Waals surface area contributed by atoms with Crippen LogP contribution in [0.3, 0.4) is 0 Å². The number of hydrogen-bond acceptors (Lipinski definition) is 4. The molecule has 1 amide bonds. The van der Waals surface area contributed by atoms with Gasteiger partial charge in [0.05, 0.1) is 19.8 Å². The van der Waals surface area contributed by atoms with E-state index in [4.69, 9.17) is 9.47 Å². The molecule has 0 atom stereocenters. The van der Waals surface area contributed by atoms with Gasteiger partial charge in [0, 0.05) is 6.54 Å². The van der Waals surface area contributed by atoms with Crippen molar-refractivity contribution >= 4 is 5.91 Å². The molecule has 1 aliphatic heterocycles. The molecule has 0 radical (unpaired) electrons. The van der Waals surface area contributed by atoms with Gasteiger partial charge in [-0.25, -0.2) is 0 Å². The van der Waals surface area contributed by atoms with Crippen LogP contribution in [-0.2, 0) is 0 Å². The van der Waals surface area contributed by atoms with Gasteiger partial charge in [-0.2, -0.15) is 0 Å². The fourth-order valence-electron chi connectivity index (χ4n) is 2.72. The van der Waals surface area contributed by atoms with E-state index in [0.717, 1.165) is 19.5 Å². The van der Waals surface area contributed by atoms with Crippen molar-refractivity contribution in [2.24, 2.45) is 5.92 Å². The minimum Gasteiger partial charge on any atom is -0.493 e. The molecule has 1 heterocycles. The zero-order chi connectivity index (χ0) is 15.1. The third kappa shape index (κ3) is 4.11. The third-order valence-electron chi connectivity index (χ3n) is 3.94. The Morgan fingerprint density at radius 1 is 1.29 bits per heavy atom. The maximum Gasteiger partial charge on any atom is 0.255 e. The van der Waals surface area contributed by atoms with Gasteiger partial charge in [0.25, 0.3) is 5.91 Å². The highest BCUT2D eigenvalue weighted by Gasteiger charge is 2.17. The van der Waals surface area contributed by atoms with E-state index in [2.05, 4.69) is 10.6 Å². The van der Waals surface area contributed by atoms with Gasteiger partial charge in [-0.15, -0.1) is 0 Å². The van der Waals surface area contributed by atoms with Crippen molar-refractivity contribution in [1.82, 2.24) is 10.6 Å². The van der Waals surface area contributed by atoms with Crippen molar-refractivity contribution in [3.63, 3.8) is 0 Å². The standard InChI is InChI=1S/C16H24N2O3/c1-20-14-5-3-4-13(15(14)21-2)16(19)18-11-8-12-6-9-17-10-7-12/h3-5,12,17H,6-11H2,1-2H3,(H,18,19). The lowest BCUT2D eigenvalue weighted by atomic mass is 9.95. The summed E-state index contributed by atoms with van der Waals surface area (Å²) >= 11 is 0. The van der Waals surface area contributed by atoms with Crippen LogP contribution in [0.15, 0.2) is 18.2 Å². The van der Waals surface area contributed by atoms with Gasteiger partial charge in [-0.1, -0.05) is 6.07 Å². The van der Waals surface area contributed by atoms with Crippen LogP contribution in [0.1, 0.15) is 29.6 Å². The molecule has 1 aromatic rings. The maximum atomic E-state index is 12.3. The van der Waals surface area contributed by atoms with Crippen LogP contribution in [0.5, 0.6) is 11.5 Å². The van der Waals surface area contributed by atoms with Gasteiger partial charge >= 0.3 is 0 Å². The van der Waals surface area contributed by atoms with Crippen molar-refractivity contribution in [2.75, 3.05) is 33.9 Å². The Morgan fingerprint density at radius 2 is 2.05 bits per heavy atom. The summed E-state index contributed by atoms with van der Waals surface area (Å²) in [7, 11) is 3.11. The topological polar surface area (TPSA) is 59.6 Å². The quantitative estimate of drug-likeness (QED) is 0.840. The molecule has 0 unspecified atom stereocenters. The second kappa shape index (κ2) is 7.88. The monoisotopic (exact) mass is 292 g/mol. The van der Waals surface area contributed by atoms with Crippen molar-refractivity contribution in [3.8, 4) is 11.5 Å². The normalized spacial score (nSPS) is 15.5. The number of para-hydroxylation sites is 1. The number of carbonyl (C=O) groups is 1. The summed E-state index contributed by atoms with van der Waals surface area (Å²) in [5, 5.41) is 6.33. The van der Waals surface area contributed by atoms with Gasteiger partial charge in [0.2, 0.25) is 0 Å². The highest BCUT2D eigenvalue weighted by Crippen LogP contribution is 2.30. The van der Waals surface area contributed by atoms with Crippen LogP contribution < -0.4 is 20.1 Å². The van der Waals surface area contributed by atoms with Gasteiger partial charge in [-0.05, 0) is 50.4 Å². The lowest BCUT2D eigenvalue weighted by molar-refractivity contribution is 0.0947. The number of rotatable bonds is 6. The summed E-state index contributed by atoms with van der Waals surface area (Å²) < 4.78 is 10.5. The number of carbonyl (C=O) groups excluding carboxylic acids is 1. The van der Waals surface area contributed by atoms with E-state index < -0.39 is 0 Å². The number of nitrogens with one attached hydrogen (secondary N) is 2. The highest BCUT2D eigenvalue weighted by atomic mass is 16.5. The zero-order valence-corrected chi connectivity index (χ0v) is 12.8. The average molecular weight is 292 g/mol. The number of hydrogen-bond donors (Lipinski definition) is 2. The SMILES string of the molecule is COc1cccc(C(=O)NCCC2CCNCC2)c1OC. The van der Waals surface area contributed by atoms with E-state index >= 15 is 0 Å². The van der Waals surface area contributed by atoms with Crippen LogP contribution in [-0.4, -0.2) is 39.8 Å². The van der Waals surface area contributed by atoms with E-state index in [1.165, 1.54) is 12.8 Å². The molecule has 0 bridgehead atoms. The Labute approximate surface area is 126 Å². The largest absolute Gasteiger partial charge is 0.493 e. The first kappa shape index (κ1) is 15.6. The Bertz CT molecular complexity index is 471. The fourth-order valence-corrected chi connectivity index (χ4v) is 2.72. The molecule has 2 rings (SSSR count).